The normalized spacial score (nSPS) is 21.2. The van der Waals surface area contributed by atoms with Crippen LogP contribution in [0.2, 0.25) is 0 Å². The molecule has 256 valence electrons. The zero-order valence-corrected chi connectivity index (χ0v) is 28.4. The Bertz CT molecular complexity index is 1480. The van der Waals surface area contributed by atoms with Crippen LogP contribution in [-0.4, -0.2) is 50.5 Å². The van der Waals surface area contributed by atoms with Gasteiger partial charge >= 0.3 is 7.82 Å². The third kappa shape index (κ3) is 10.9. The summed E-state index contributed by atoms with van der Waals surface area (Å²) >= 11 is 0. The van der Waals surface area contributed by atoms with Gasteiger partial charge in [0, 0.05) is 0 Å². The lowest BCUT2D eigenvalue weighted by Crippen LogP contribution is -2.61. The summed E-state index contributed by atoms with van der Waals surface area (Å²) in [5, 5.41) is 0. The van der Waals surface area contributed by atoms with E-state index in [4.69, 9.17) is 37.3 Å². The average molecular weight is 677 g/mol. The summed E-state index contributed by atoms with van der Waals surface area (Å²) in [4.78, 5) is 0. The van der Waals surface area contributed by atoms with Crippen LogP contribution in [0.5, 0.6) is 0 Å². The molecule has 0 N–H and O–H groups in total. The van der Waals surface area contributed by atoms with Gasteiger partial charge in [-0.3, -0.25) is 13.6 Å². The van der Waals surface area contributed by atoms with Crippen molar-refractivity contribution in [1.82, 2.24) is 0 Å². The monoisotopic (exact) mass is 676 g/mol. The highest BCUT2D eigenvalue weighted by Gasteiger charge is 2.51. The number of rotatable bonds is 19. The summed E-state index contributed by atoms with van der Waals surface area (Å²) in [6, 6.07) is 39.4. The first kappa shape index (κ1) is 36.1. The molecule has 0 radical (unpaired) electrons. The van der Waals surface area contributed by atoms with Crippen LogP contribution in [0.15, 0.2) is 121 Å². The molecule has 0 saturated carbocycles. The molecule has 0 bridgehead atoms. The van der Waals surface area contributed by atoms with Crippen molar-refractivity contribution < 1.29 is 41.8 Å². The van der Waals surface area contributed by atoms with Crippen LogP contribution in [0.4, 0.5) is 0 Å². The summed E-state index contributed by atoms with van der Waals surface area (Å²) < 4.78 is 63.6. The van der Waals surface area contributed by atoms with Gasteiger partial charge in [-0.2, -0.15) is 0 Å². The Kier molecular flexibility index (Phi) is 14.4. The van der Waals surface area contributed by atoms with Gasteiger partial charge in [0.15, 0.2) is 6.29 Å². The van der Waals surface area contributed by atoms with Gasteiger partial charge in [0.05, 0.1) is 46.2 Å². The van der Waals surface area contributed by atoms with E-state index < -0.39 is 38.5 Å². The molecule has 0 aromatic heterocycles. The summed E-state index contributed by atoms with van der Waals surface area (Å²) in [7, 11) is -4.05. The van der Waals surface area contributed by atoms with Crippen molar-refractivity contribution in [3.8, 4) is 0 Å². The van der Waals surface area contributed by atoms with Gasteiger partial charge in [0.1, 0.15) is 24.4 Å². The minimum atomic E-state index is -4.05. The first-order valence-electron chi connectivity index (χ1n) is 16.4. The molecular weight excluding hydrogens is 631 g/mol. The average Bonchev–Trinajstić information content (AvgIpc) is 3.11. The molecule has 1 heterocycles. The van der Waals surface area contributed by atoms with Crippen molar-refractivity contribution in [3.05, 3.63) is 144 Å². The van der Waals surface area contributed by atoms with Crippen LogP contribution < -0.4 is 0 Å². The maximum Gasteiger partial charge on any atom is 0.477 e. The number of ether oxygens (including phenoxy) is 5. The SMILES string of the molecule is CCOP(=O)(OCC)O[C@H]1O[C@H](COCc2ccccc2)[C@@H](OCc2ccccc2)[C@H](OCc2ccccc2)[C@@H]1OCc1ccccc1. The van der Waals surface area contributed by atoms with Crippen molar-refractivity contribution in [2.75, 3.05) is 19.8 Å². The number of hydrogen-bond donors (Lipinski definition) is 0. The molecule has 4 aromatic carbocycles. The standard InChI is InChI=1S/C38H45O9P/c1-3-44-48(39,45-4-2)47-38-37(43-28-33-23-15-8-16-24-33)36(42-27-32-21-13-7-14-22-32)35(41-26-31-19-11-6-12-20-31)34(46-38)29-40-25-30-17-9-5-10-18-30/h5-24,34-38H,3-4,25-29H2,1-2H3/t34-,35-,36+,37+,38-/m1/s1. The predicted octanol–water partition coefficient (Wildman–Crippen LogP) is 7.88. The van der Waals surface area contributed by atoms with E-state index in [0.29, 0.717) is 13.2 Å². The van der Waals surface area contributed by atoms with Crippen LogP contribution in [0.3, 0.4) is 0 Å². The quantitative estimate of drug-likeness (QED) is 0.0920. The molecule has 1 aliphatic rings. The Morgan fingerprint density at radius 2 is 0.938 bits per heavy atom. The third-order valence-corrected chi connectivity index (χ3v) is 9.26. The first-order valence-corrected chi connectivity index (χ1v) is 17.8. The molecule has 0 aliphatic carbocycles. The van der Waals surface area contributed by atoms with Crippen LogP contribution in [0, 0.1) is 0 Å². The third-order valence-electron chi connectivity index (χ3n) is 7.65. The second-order valence-electron chi connectivity index (χ2n) is 11.2. The first-order chi connectivity index (χ1) is 23.6. The Morgan fingerprint density at radius 1 is 0.542 bits per heavy atom. The molecule has 0 spiro atoms. The van der Waals surface area contributed by atoms with Gasteiger partial charge in [-0.25, -0.2) is 4.57 Å². The molecule has 1 fully saturated rings. The molecule has 1 saturated heterocycles. The lowest BCUT2D eigenvalue weighted by molar-refractivity contribution is -0.313. The van der Waals surface area contributed by atoms with Gasteiger partial charge < -0.3 is 23.7 Å². The van der Waals surface area contributed by atoms with E-state index in [1.165, 1.54) is 0 Å². The zero-order valence-electron chi connectivity index (χ0n) is 27.5. The van der Waals surface area contributed by atoms with Gasteiger partial charge in [-0.1, -0.05) is 121 Å². The molecule has 10 heteroatoms. The number of phosphoric acid groups is 1. The van der Waals surface area contributed by atoms with Crippen LogP contribution in [-0.2, 0) is 68.2 Å². The Hall–Kier alpha value is -3.21. The molecule has 5 atom stereocenters. The predicted molar refractivity (Wildman–Crippen MR) is 182 cm³/mol. The number of hydrogen-bond acceptors (Lipinski definition) is 9. The minimum Gasteiger partial charge on any atom is -0.374 e. The van der Waals surface area contributed by atoms with E-state index >= 15 is 0 Å². The second kappa shape index (κ2) is 19.1. The topological polar surface area (TPSA) is 90.9 Å². The van der Waals surface area contributed by atoms with E-state index in [-0.39, 0.29) is 33.0 Å². The van der Waals surface area contributed by atoms with E-state index in [1.807, 2.05) is 121 Å². The lowest BCUT2D eigenvalue weighted by Gasteiger charge is -2.46. The fourth-order valence-electron chi connectivity index (χ4n) is 5.37. The van der Waals surface area contributed by atoms with Crippen molar-refractivity contribution in [2.24, 2.45) is 0 Å². The maximum absolute atomic E-state index is 13.8. The number of benzene rings is 4. The molecule has 48 heavy (non-hydrogen) atoms. The van der Waals surface area contributed by atoms with Gasteiger partial charge in [-0.15, -0.1) is 0 Å². The van der Waals surface area contributed by atoms with Gasteiger partial charge in [0.2, 0.25) is 0 Å². The highest BCUT2D eigenvalue weighted by Crippen LogP contribution is 2.52. The van der Waals surface area contributed by atoms with E-state index in [1.54, 1.807) is 13.8 Å². The molecular formula is C38H45O9P. The molecule has 0 unspecified atom stereocenters. The van der Waals surface area contributed by atoms with Crippen LogP contribution in [0.25, 0.3) is 0 Å². The molecule has 4 aromatic rings. The molecule has 5 rings (SSSR count). The summed E-state index contributed by atoms with van der Waals surface area (Å²) in [6.07, 6.45) is -4.20. The zero-order chi connectivity index (χ0) is 33.4. The van der Waals surface area contributed by atoms with Crippen molar-refractivity contribution in [3.63, 3.8) is 0 Å². The fourth-order valence-corrected chi connectivity index (χ4v) is 6.63. The highest BCUT2D eigenvalue weighted by atomic mass is 31.2. The van der Waals surface area contributed by atoms with Crippen molar-refractivity contribution in [1.29, 1.82) is 0 Å². The summed E-state index contributed by atoms with van der Waals surface area (Å²) in [5.41, 5.74) is 3.91. The smallest absolute Gasteiger partial charge is 0.374 e. The molecule has 1 aliphatic heterocycles. The Balaban J connectivity index is 1.48. The van der Waals surface area contributed by atoms with Crippen LogP contribution >= 0.6 is 7.82 Å². The van der Waals surface area contributed by atoms with E-state index in [0.717, 1.165) is 22.3 Å². The summed E-state index contributed by atoms with van der Waals surface area (Å²) in [5.74, 6) is 0. The largest absolute Gasteiger partial charge is 0.477 e. The van der Waals surface area contributed by atoms with Gasteiger partial charge in [0.25, 0.3) is 0 Å². The molecule has 0 amide bonds. The van der Waals surface area contributed by atoms with Crippen LogP contribution in [0.1, 0.15) is 36.1 Å². The fraction of sp³-hybridized carbons (Fsp3) is 0.368. The molecule has 9 nitrogen and oxygen atoms in total. The van der Waals surface area contributed by atoms with Crippen molar-refractivity contribution >= 4 is 7.82 Å². The second-order valence-corrected chi connectivity index (χ2v) is 12.8. The van der Waals surface area contributed by atoms with Crippen molar-refractivity contribution in [2.45, 2.75) is 71.0 Å². The minimum absolute atomic E-state index is 0.111. The summed E-state index contributed by atoms with van der Waals surface area (Å²) in [6.45, 7) is 4.94. The van der Waals surface area contributed by atoms with E-state index in [9.17, 15) is 4.57 Å². The highest BCUT2D eigenvalue weighted by molar-refractivity contribution is 7.48. The maximum atomic E-state index is 13.8. The Morgan fingerprint density at radius 3 is 1.38 bits per heavy atom. The van der Waals surface area contributed by atoms with E-state index in [2.05, 4.69) is 0 Å². The number of phosphoric ester groups is 1. The lowest BCUT2D eigenvalue weighted by atomic mass is 9.98. The Labute approximate surface area is 283 Å². The van der Waals surface area contributed by atoms with Gasteiger partial charge in [-0.05, 0) is 36.1 Å².